The fourth-order valence-electron chi connectivity index (χ4n) is 2.73. The number of nitrogens with one attached hydrogen (secondary N) is 1. The van der Waals surface area contributed by atoms with Gasteiger partial charge in [-0.15, -0.1) is 0 Å². The molecule has 0 unspecified atom stereocenters. The molecule has 0 spiro atoms. The topological polar surface area (TPSA) is 69.3 Å². The van der Waals surface area contributed by atoms with Gasteiger partial charge in [-0.25, -0.2) is 4.68 Å². The highest BCUT2D eigenvalue weighted by atomic mass is 35.5. The molecule has 1 N–H and O–H groups in total. The lowest BCUT2D eigenvalue weighted by Crippen LogP contribution is -2.16. The first kappa shape index (κ1) is 16.2. The first-order chi connectivity index (χ1) is 12.1. The van der Waals surface area contributed by atoms with Crippen LogP contribution in [0.15, 0.2) is 41.3 Å². The predicted octanol–water partition coefficient (Wildman–Crippen LogP) is 4.10. The van der Waals surface area contributed by atoms with E-state index >= 15 is 0 Å². The van der Waals surface area contributed by atoms with Gasteiger partial charge in [-0.3, -0.25) is 4.79 Å². The lowest BCUT2D eigenvalue weighted by Gasteiger charge is -2.11. The first-order valence-corrected chi connectivity index (χ1v) is 8.36. The van der Waals surface area contributed by atoms with Gasteiger partial charge in [-0.05, 0) is 18.2 Å². The number of aromatic nitrogens is 2. The number of hydrogen-bond donors (Lipinski definition) is 1. The lowest BCUT2D eigenvalue weighted by atomic mass is 10.1. The fraction of sp³-hybridized carbons (Fsp3) is 0.176. The Balaban J connectivity index is 1.55. The normalized spacial score (nSPS) is 13.5. The molecule has 1 amide bonds. The van der Waals surface area contributed by atoms with E-state index in [0.717, 1.165) is 11.1 Å². The number of halogens is 2. The minimum atomic E-state index is -0.315. The number of fused-ring (bicyclic) bond motifs is 1. The molecule has 3 heterocycles. The van der Waals surface area contributed by atoms with E-state index in [9.17, 15) is 4.79 Å². The average molecular weight is 378 g/mol. The molecule has 2 aromatic heterocycles. The molecule has 0 aliphatic carbocycles. The molecular weight excluding hydrogens is 365 g/mol. The zero-order valence-corrected chi connectivity index (χ0v) is 14.5. The summed E-state index contributed by atoms with van der Waals surface area (Å²) in [6.07, 6.45) is 5.45. The molecule has 8 heteroatoms. The van der Waals surface area contributed by atoms with E-state index in [1.54, 1.807) is 41.5 Å². The van der Waals surface area contributed by atoms with E-state index < -0.39 is 0 Å². The molecule has 0 saturated heterocycles. The molecule has 1 aromatic carbocycles. The first-order valence-electron chi connectivity index (χ1n) is 7.60. The van der Waals surface area contributed by atoms with Crippen LogP contribution in [0.3, 0.4) is 0 Å². The zero-order valence-electron chi connectivity index (χ0n) is 13.0. The van der Waals surface area contributed by atoms with Gasteiger partial charge in [0.1, 0.15) is 0 Å². The number of carbonyl (C=O) groups is 1. The maximum absolute atomic E-state index is 12.5. The third-order valence-electron chi connectivity index (χ3n) is 3.94. The van der Waals surface area contributed by atoms with Gasteiger partial charge in [0.2, 0.25) is 0 Å². The lowest BCUT2D eigenvalue weighted by molar-refractivity contribution is 0.0988. The monoisotopic (exact) mass is 377 g/mol. The molecule has 0 atom stereocenters. The van der Waals surface area contributed by atoms with Crippen LogP contribution in [0.4, 0.5) is 5.69 Å². The van der Waals surface area contributed by atoms with Gasteiger partial charge < -0.3 is 14.5 Å². The molecule has 0 bridgehead atoms. The number of furan rings is 1. The van der Waals surface area contributed by atoms with E-state index in [-0.39, 0.29) is 5.91 Å². The van der Waals surface area contributed by atoms with Crippen LogP contribution in [0, 0.1) is 0 Å². The molecule has 0 radical (unpaired) electrons. The van der Waals surface area contributed by atoms with Crippen molar-refractivity contribution in [2.75, 3.05) is 11.9 Å². The highest BCUT2D eigenvalue weighted by Gasteiger charge is 2.23. The van der Waals surface area contributed by atoms with E-state index in [4.69, 9.17) is 32.4 Å². The van der Waals surface area contributed by atoms with Crippen LogP contribution < -0.4 is 5.32 Å². The smallest absolute Gasteiger partial charge is 0.291 e. The van der Waals surface area contributed by atoms with Crippen molar-refractivity contribution in [2.24, 2.45) is 0 Å². The number of amides is 1. The quantitative estimate of drug-likeness (QED) is 0.745. The second-order valence-electron chi connectivity index (χ2n) is 5.59. The van der Waals surface area contributed by atoms with Gasteiger partial charge in [0.05, 0.1) is 48.3 Å². The standard InChI is InChI=1S/C17H13Cl2N3O3/c18-11-1-2-15(14(19)5-11)22-7-12(6-20-22)21-17(23)16-13-3-4-24-8-10(13)9-25-16/h1-2,5-7,9H,3-4,8H2,(H,21,23). The predicted molar refractivity (Wildman–Crippen MR) is 93.6 cm³/mol. The number of rotatable bonds is 3. The maximum Gasteiger partial charge on any atom is 0.291 e. The molecule has 1 aliphatic rings. The largest absolute Gasteiger partial charge is 0.458 e. The van der Waals surface area contributed by atoms with Gasteiger partial charge in [-0.2, -0.15) is 5.10 Å². The summed E-state index contributed by atoms with van der Waals surface area (Å²) in [4.78, 5) is 12.5. The minimum Gasteiger partial charge on any atom is -0.458 e. The molecule has 1 aliphatic heterocycles. The van der Waals surface area contributed by atoms with Crippen LogP contribution in [-0.4, -0.2) is 22.3 Å². The average Bonchev–Trinajstić information content (AvgIpc) is 3.21. The third kappa shape index (κ3) is 3.16. The van der Waals surface area contributed by atoms with Crippen molar-refractivity contribution in [3.63, 3.8) is 0 Å². The maximum atomic E-state index is 12.5. The Morgan fingerprint density at radius 3 is 3.04 bits per heavy atom. The number of hydrogen-bond acceptors (Lipinski definition) is 4. The Bertz CT molecular complexity index is 949. The van der Waals surface area contributed by atoms with Crippen molar-refractivity contribution in [3.05, 3.63) is 63.8 Å². The molecule has 128 valence electrons. The summed E-state index contributed by atoms with van der Waals surface area (Å²) in [5, 5.41) is 8.02. The second-order valence-corrected chi connectivity index (χ2v) is 6.44. The Morgan fingerprint density at radius 2 is 2.20 bits per heavy atom. The van der Waals surface area contributed by atoms with E-state index in [1.165, 1.54) is 0 Å². The van der Waals surface area contributed by atoms with Gasteiger partial charge >= 0.3 is 0 Å². The molecule has 4 rings (SSSR count). The van der Waals surface area contributed by atoms with Gasteiger partial charge in [0, 0.05) is 22.6 Å². The SMILES string of the molecule is O=C(Nc1cnn(-c2ccc(Cl)cc2Cl)c1)c1occ2c1CCOC2. The summed E-state index contributed by atoms with van der Waals surface area (Å²) in [5.41, 5.74) is 3.02. The number of benzene rings is 1. The van der Waals surface area contributed by atoms with Crippen LogP contribution in [0.25, 0.3) is 5.69 Å². The highest BCUT2D eigenvalue weighted by Crippen LogP contribution is 2.26. The number of nitrogens with zero attached hydrogens (tertiary/aromatic N) is 2. The molecule has 6 nitrogen and oxygen atoms in total. The van der Waals surface area contributed by atoms with Crippen molar-refractivity contribution in [1.82, 2.24) is 9.78 Å². The second kappa shape index (κ2) is 6.55. The minimum absolute atomic E-state index is 0.315. The Kier molecular flexibility index (Phi) is 4.25. The van der Waals surface area contributed by atoms with E-state index in [0.29, 0.717) is 46.8 Å². The van der Waals surface area contributed by atoms with Gasteiger partial charge in [0.25, 0.3) is 5.91 Å². The van der Waals surface area contributed by atoms with Crippen molar-refractivity contribution < 1.29 is 13.9 Å². The zero-order chi connectivity index (χ0) is 17.4. The van der Waals surface area contributed by atoms with Crippen LogP contribution in [0.1, 0.15) is 21.7 Å². The molecule has 0 saturated carbocycles. The van der Waals surface area contributed by atoms with Crippen molar-refractivity contribution in [1.29, 1.82) is 0 Å². The number of carbonyl (C=O) groups excluding carboxylic acids is 1. The van der Waals surface area contributed by atoms with E-state index in [1.807, 2.05) is 0 Å². The van der Waals surface area contributed by atoms with Crippen molar-refractivity contribution in [2.45, 2.75) is 13.0 Å². The fourth-order valence-corrected chi connectivity index (χ4v) is 3.23. The summed E-state index contributed by atoms with van der Waals surface area (Å²) in [7, 11) is 0. The summed E-state index contributed by atoms with van der Waals surface area (Å²) in [6, 6.07) is 5.11. The molecule has 0 fully saturated rings. The third-order valence-corrected chi connectivity index (χ3v) is 4.48. The molecule has 25 heavy (non-hydrogen) atoms. The van der Waals surface area contributed by atoms with Crippen LogP contribution in [-0.2, 0) is 17.8 Å². The molecular formula is C17H13Cl2N3O3. The summed E-state index contributed by atoms with van der Waals surface area (Å²) < 4.78 is 12.3. The van der Waals surface area contributed by atoms with Crippen LogP contribution in [0.2, 0.25) is 10.0 Å². The number of anilines is 1. The van der Waals surface area contributed by atoms with Gasteiger partial charge in [-0.1, -0.05) is 23.2 Å². The van der Waals surface area contributed by atoms with Crippen molar-refractivity contribution >= 4 is 34.8 Å². The highest BCUT2D eigenvalue weighted by molar-refractivity contribution is 6.35. The number of ether oxygens (including phenoxy) is 1. The summed E-state index contributed by atoms with van der Waals surface area (Å²) in [5.74, 6) is 0.000443. The van der Waals surface area contributed by atoms with Gasteiger partial charge in [0.15, 0.2) is 5.76 Å². The Labute approximate surface area is 153 Å². The Morgan fingerprint density at radius 1 is 1.32 bits per heavy atom. The van der Waals surface area contributed by atoms with Crippen molar-refractivity contribution in [3.8, 4) is 5.69 Å². The summed E-state index contributed by atoms with van der Waals surface area (Å²) >= 11 is 12.1. The summed E-state index contributed by atoms with van der Waals surface area (Å²) in [6.45, 7) is 1.05. The van der Waals surface area contributed by atoms with E-state index in [2.05, 4.69) is 10.4 Å². The Hall–Kier alpha value is -2.28. The molecule has 3 aromatic rings. The van der Waals surface area contributed by atoms with Crippen LogP contribution in [0.5, 0.6) is 0 Å². The van der Waals surface area contributed by atoms with Crippen LogP contribution >= 0.6 is 23.2 Å².